The van der Waals surface area contributed by atoms with E-state index in [4.69, 9.17) is 16.6 Å². The van der Waals surface area contributed by atoms with Gasteiger partial charge in [-0.2, -0.15) is 0 Å². The van der Waals surface area contributed by atoms with Gasteiger partial charge in [-0.1, -0.05) is 30.3 Å². The molecule has 154 valence electrons. The summed E-state index contributed by atoms with van der Waals surface area (Å²) in [6.45, 7) is 1.88. The average molecular weight is 432 g/mol. The molecule has 0 atom stereocenters. The number of amides is 1. The van der Waals surface area contributed by atoms with Gasteiger partial charge < -0.3 is 9.73 Å². The molecular formula is C22H16N4O4S. The van der Waals surface area contributed by atoms with E-state index in [1.807, 2.05) is 49.4 Å². The van der Waals surface area contributed by atoms with E-state index in [-0.39, 0.29) is 16.4 Å². The molecule has 1 amide bonds. The van der Waals surface area contributed by atoms with Crippen molar-refractivity contribution < 1.29 is 14.1 Å². The second kappa shape index (κ2) is 8.33. The molecule has 0 radical (unpaired) electrons. The van der Waals surface area contributed by atoms with Gasteiger partial charge in [0.2, 0.25) is 5.89 Å². The summed E-state index contributed by atoms with van der Waals surface area (Å²) in [6, 6.07) is 18.7. The summed E-state index contributed by atoms with van der Waals surface area (Å²) in [6.07, 6.45) is 0. The van der Waals surface area contributed by atoms with Crippen LogP contribution in [0, 0.1) is 17.0 Å². The Hall–Kier alpha value is -4.11. The third kappa shape index (κ3) is 4.26. The Labute approximate surface area is 182 Å². The number of fused-ring (bicyclic) bond motifs is 1. The summed E-state index contributed by atoms with van der Waals surface area (Å²) >= 11 is 5.24. The zero-order chi connectivity index (χ0) is 22.0. The molecule has 31 heavy (non-hydrogen) atoms. The molecule has 0 fully saturated rings. The van der Waals surface area contributed by atoms with Gasteiger partial charge in [-0.05, 0) is 55.0 Å². The highest BCUT2D eigenvalue weighted by atomic mass is 32.1. The van der Waals surface area contributed by atoms with Crippen LogP contribution in [0.3, 0.4) is 0 Å². The third-order valence-corrected chi connectivity index (χ3v) is 4.80. The maximum Gasteiger partial charge on any atom is 0.282 e. The number of aromatic nitrogens is 1. The summed E-state index contributed by atoms with van der Waals surface area (Å²) < 4.78 is 5.81. The van der Waals surface area contributed by atoms with Gasteiger partial charge in [0.05, 0.1) is 4.92 Å². The quantitative estimate of drug-likeness (QED) is 0.270. The highest BCUT2D eigenvalue weighted by Crippen LogP contribution is 2.28. The van der Waals surface area contributed by atoms with Crippen LogP contribution in [0.1, 0.15) is 15.9 Å². The number of carbonyl (C=O) groups excluding carboxylic acids is 1. The molecule has 1 aromatic heterocycles. The number of hydrogen-bond acceptors (Lipinski definition) is 6. The number of carbonyl (C=O) groups is 1. The van der Waals surface area contributed by atoms with E-state index in [2.05, 4.69) is 15.6 Å². The second-order valence-corrected chi connectivity index (χ2v) is 7.11. The number of rotatable bonds is 4. The predicted molar refractivity (Wildman–Crippen MR) is 121 cm³/mol. The van der Waals surface area contributed by atoms with Gasteiger partial charge in [0.25, 0.3) is 11.6 Å². The number of para-hydroxylation sites is 3. The number of nitrogens with zero attached hydrogens (tertiary/aromatic N) is 2. The first-order chi connectivity index (χ1) is 14.9. The Morgan fingerprint density at radius 3 is 2.61 bits per heavy atom. The SMILES string of the molecule is Cc1ccc(-c2nc3ccccc3o2)cc1NC(=S)NC(=O)c1ccccc1[N+](=O)[O-]. The van der Waals surface area contributed by atoms with E-state index >= 15 is 0 Å². The average Bonchev–Trinajstić information content (AvgIpc) is 3.19. The molecule has 0 spiro atoms. The standard InChI is InChI=1S/C22H16N4O4S/c1-13-10-11-14(21-23-16-7-3-5-9-19(16)30-21)12-17(13)24-22(31)25-20(27)15-6-2-4-8-18(15)26(28)29/h2-12H,1H3,(H2,24,25,27,31). The fraction of sp³-hybridized carbons (Fsp3) is 0.0455. The number of benzene rings is 3. The maximum atomic E-state index is 12.5. The van der Waals surface area contributed by atoms with Crippen molar-refractivity contribution in [3.8, 4) is 11.5 Å². The largest absolute Gasteiger partial charge is 0.436 e. The lowest BCUT2D eigenvalue weighted by Gasteiger charge is -2.12. The number of oxazole rings is 1. The number of anilines is 1. The molecule has 0 saturated heterocycles. The Morgan fingerprint density at radius 1 is 1.10 bits per heavy atom. The second-order valence-electron chi connectivity index (χ2n) is 6.70. The van der Waals surface area contributed by atoms with Crippen molar-refractivity contribution in [1.82, 2.24) is 10.3 Å². The molecule has 8 nitrogen and oxygen atoms in total. The molecule has 9 heteroatoms. The number of aryl methyl sites for hydroxylation is 1. The van der Waals surface area contributed by atoms with Crippen LogP contribution in [0.25, 0.3) is 22.6 Å². The summed E-state index contributed by atoms with van der Waals surface area (Å²) in [5.74, 6) is -0.211. The van der Waals surface area contributed by atoms with Crippen LogP contribution >= 0.6 is 12.2 Å². The van der Waals surface area contributed by atoms with Crippen molar-refractivity contribution in [2.45, 2.75) is 6.92 Å². The summed E-state index contributed by atoms with van der Waals surface area (Å²) in [5, 5.41) is 16.6. The first-order valence-corrected chi connectivity index (χ1v) is 9.65. The number of nitro benzene ring substituents is 1. The van der Waals surface area contributed by atoms with E-state index in [1.54, 1.807) is 6.07 Å². The van der Waals surface area contributed by atoms with E-state index in [9.17, 15) is 14.9 Å². The number of nitro groups is 1. The van der Waals surface area contributed by atoms with Crippen molar-refractivity contribution in [1.29, 1.82) is 0 Å². The number of thiocarbonyl (C=S) groups is 1. The molecule has 0 unspecified atom stereocenters. The first kappa shape index (κ1) is 20.2. The van der Waals surface area contributed by atoms with Crippen molar-refractivity contribution in [2.24, 2.45) is 0 Å². The number of nitrogens with one attached hydrogen (secondary N) is 2. The van der Waals surface area contributed by atoms with Gasteiger partial charge in [0.1, 0.15) is 11.1 Å². The van der Waals surface area contributed by atoms with Crippen molar-refractivity contribution in [2.75, 3.05) is 5.32 Å². The van der Waals surface area contributed by atoms with Crippen molar-refractivity contribution in [3.63, 3.8) is 0 Å². The fourth-order valence-corrected chi connectivity index (χ4v) is 3.24. The van der Waals surface area contributed by atoms with Gasteiger partial charge in [-0.15, -0.1) is 0 Å². The van der Waals surface area contributed by atoms with Crippen LogP contribution in [0.4, 0.5) is 11.4 Å². The summed E-state index contributed by atoms with van der Waals surface area (Å²) in [4.78, 5) is 27.5. The van der Waals surface area contributed by atoms with Gasteiger partial charge in [-0.3, -0.25) is 20.2 Å². The first-order valence-electron chi connectivity index (χ1n) is 9.25. The monoisotopic (exact) mass is 432 g/mol. The van der Waals surface area contributed by atoms with Crippen molar-refractivity contribution in [3.05, 3.63) is 88.0 Å². The molecule has 0 bridgehead atoms. The topological polar surface area (TPSA) is 110 Å². The van der Waals surface area contributed by atoms with Gasteiger partial charge in [0.15, 0.2) is 10.7 Å². The van der Waals surface area contributed by atoms with Crippen molar-refractivity contribution >= 4 is 45.7 Å². The summed E-state index contributed by atoms with van der Waals surface area (Å²) in [7, 11) is 0. The molecule has 4 rings (SSSR count). The van der Waals surface area contributed by atoms with Crippen LogP contribution < -0.4 is 10.6 Å². The molecule has 2 N–H and O–H groups in total. The minimum Gasteiger partial charge on any atom is -0.436 e. The smallest absolute Gasteiger partial charge is 0.282 e. The van der Waals surface area contributed by atoms with Gasteiger partial charge in [0, 0.05) is 17.3 Å². The van der Waals surface area contributed by atoms with E-state index in [0.29, 0.717) is 17.2 Å². The lowest BCUT2D eigenvalue weighted by molar-refractivity contribution is -0.385. The van der Waals surface area contributed by atoms with E-state index in [1.165, 1.54) is 18.2 Å². The van der Waals surface area contributed by atoms with Crippen LogP contribution in [0.5, 0.6) is 0 Å². The highest BCUT2D eigenvalue weighted by molar-refractivity contribution is 7.80. The lowest BCUT2D eigenvalue weighted by Crippen LogP contribution is -2.34. The Balaban J connectivity index is 1.54. The molecule has 3 aromatic carbocycles. The van der Waals surface area contributed by atoms with Gasteiger partial charge in [-0.25, -0.2) is 4.98 Å². The van der Waals surface area contributed by atoms with Crippen LogP contribution in [-0.2, 0) is 0 Å². The predicted octanol–water partition coefficient (Wildman–Crippen LogP) is 4.84. The van der Waals surface area contributed by atoms with E-state index < -0.39 is 10.8 Å². The zero-order valence-corrected chi connectivity index (χ0v) is 17.1. The fourth-order valence-electron chi connectivity index (χ4n) is 3.03. The van der Waals surface area contributed by atoms with E-state index in [0.717, 1.165) is 16.6 Å². The molecule has 0 saturated carbocycles. The lowest BCUT2D eigenvalue weighted by atomic mass is 10.1. The molecular weight excluding hydrogens is 416 g/mol. The Morgan fingerprint density at radius 2 is 1.84 bits per heavy atom. The zero-order valence-electron chi connectivity index (χ0n) is 16.3. The Kier molecular flexibility index (Phi) is 5.42. The van der Waals surface area contributed by atoms with Crippen LogP contribution in [0.2, 0.25) is 0 Å². The molecule has 1 heterocycles. The maximum absolute atomic E-state index is 12.5. The highest BCUT2D eigenvalue weighted by Gasteiger charge is 2.20. The molecule has 0 aliphatic carbocycles. The molecule has 0 aliphatic rings. The van der Waals surface area contributed by atoms with Crippen LogP contribution in [0.15, 0.2) is 71.1 Å². The molecule has 0 aliphatic heterocycles. The van der Waals surface area contributed by atoms with Gasteiger partial charge >= 0.3 is 0 Å². The minimum atomic E-state index is -0.669. The Bertz CT molecular complexity index is 1300. The number of hydrogen-bond donors (Lipinski definition) is 2. The van der Waals surface area contributed by atoms with Crippen LogP contribution in [-0.4, -0.2) is 20.9 Å². The summed E-state index contributed by atoms with van der Waals surface area (Å²) in [5.41, 5.74) is 3.32. The molecule has 4 aromatic rings. The third-order valence-electron chi connectivity index (χ3n) is 4.60. The minimum absolute atomic E-state index is 0.0148. The normalized spacial score (nSPS) is 10.6.